The first-order valence-corrected chi connectivity index (χ1v) is 8.28. The average molecular weight is 485 g/mol. The number of nitro benzene ring substituents is 1. The maximum absolute atomic E-state index is 12.1. The Morgan fingerprint density at radius 2 is 1.95 bits per heavy atom. The van der Waals surface area contributed by atoms with E-state index < -0.39 is 4.92 Å². The lowest BCUT2D eigenvalue weighted by Gasteiger charge is -2.05. The number of rotatable bonds is 3. The van der Waals surface area contributed by atoms with Crippen molar-refractivity contribution in [2.24, 2.45) is 0 Å². The fourth-order valence-corrected chi connectivity index (χ4v) is 4.74. The number of anilines is 1. The zero-order chi connectivity index (χ0) is 14.9. The third-order valence-electron chi connectivity index (χ3n) is 2.30. The second kappa shape index (κ2) is 6.33. The quantitative estimate of drug-likeness (QED) is 0.481. The number of halogens is 3. The predicted octanol–water partition coefficient (Wildman–Crippen LogP) is 5.20. The van der Waals surface area contributed by atoms with Gasteiger partial charge in [0.2, 0.25) is 0 Å². The SMILES string of the molecule is O=C(Nc1ccc([N+](=O)[O-])c(Br)c1)c1cc(Br)sc1Br. The number of carbonyl (C=O) groups is 1. The number of hydrogen-bond acceptors (Lipinski definition) is 4. The largest absolute Gasteiger partial charge is 0.322 e. The van der Waals surface area contributed by atoms with E-state index in [1.807, 2.05) is 0 Å². The summed E-state index contributed by atoms with van der Waals surface area (Å²) in [6.45, 7) is 0. The first-order valence-electron chi connectivity index (χ1n) is 5.08. The molecular formula is C11H5Br3N2O3S. The second-order valence-electron chi connectivity index (χ2n) is 3.62. The fraction of sp³-hybridized carbons (Fsp3) is 0. The highest BCUT2D eigenvalue weighted by Gasteiger charge is 2.16. The van der Waals surface area contributed by atoms with Crippen molar-refractivity contribution in [1.29, 1.82) is 0 Å². The van der Waals surface area contributed by atoms with Crippen LogP contribution >= 0.6 is 59.1 Å². The minimum atomic E-state index is -0.498. The Morgan fingerprint density at radius 1 is 1.25 bits per heavy atom. The summed E-state index contributed by atoms with van der Waals surface area (Å²) in [7, 11) is 0. The van der Waals surface area contributed by atoms with Gasteiger partial charge in [0.1, 0.15) is 0 Å². The van der Waals surface area contributed by atoms with E-state index in [9.17, 15) is 14.9 Å². The van der Waals surface area contributed by atoms with Gasteiger partial charge in [-0.3, -0.25) is 14.9 Å². The van der Waals surface area contributed by atoms with Crippen LogP contribution in [0.2, 0.25) is 0 Å². The van der Waals surface area contributed by atoms with Crippen molar-refractivity contribution in [3.63, 3.8) is 0 Å². The fourth-order valence-electron chi connectivity index (χ4n) is 1.43. The number of nitrogens with one attached hydrogen (secondary N) is 1. The van der Waals surface area contributed by atoms with Crippen molar-refractivity contribution in [3.8, 4) is 0 Å². The van der Waals surface area contributed by atoms with Crippen LogP contribution in [-0.2, 0) is 0 Å². The molecule has 1 amide bonds. The minimum absolute atomic E-state index is 0.0533. The monoisotopic (exact) mass is 482 g/mol. The van der Waals surface area contributed by atoms with Gasteiger partial charge in [0.15, 0.2) is 0 Å². The smallest absolute Gasteiger partial charge is 0.283 e. The van der Waals surface area contributed by atoms with Gasteiger partial charge in [0.05, 0.1) is 22.5 Å². The molecule has 0 radical (unpaired) electrons. The van der Waals surface area contributed by atoms with Gasteiger partial charge in [0, 0.05) is 11.8 Å². The van der Waals surface area contributed by atoms with Crippen molar-refractivity contribution < 1.29 is 9.72 Å². The number of thiophene rings is 1. The lowest BCUT2D eigenvalue weighted by molar-refractivity contribution is -0.385. The van der Waals surface area contributed by atoms with Gasteiger partial charge in [-0.1, -0.05) is 0 Å². The Bertz CT molecular complexity index is 702. The van der Waals surface area contributed by atoms with E-state index in [2.05, 4.69) is 53.1 Å². The lowest BCUT2D eigenvalue weighted by Crippen LogP contribution is -2.11. The zero-order valence-corrected chi connectivity index (χ0v) is 15.1. The third kappa shape index (κ3) is 3.46. The van der Waals surface area contributed by atoms with Gasteiger partial charge >= 0.3 is 0 Å². The molecule has 1 aromatic carbocycles. The Kier molecular flexibility index (Phi) is 4.95. The molecule has 2 rings (SSSR count). The molecule has 5 nitrogen and oxygen atoms in total. The second-order valence-corrected chi connectivity index (χ2v) is 8.22. The van der Waals surface area contributed by atoms with E-state index in [1.54, 1.807) is 6.07 Å². The van der Waals surface area contributed by atoms with Crippen LogP contribution in [0.3, 0.4) is 0 Å². The topological polar surface area (TPSA) is 72.2 Å². The standard InChI is InChI=1S/C11H5Br3N2O3S/c12-7-3-5(1-2-8(7)16(18)19)15-11(17)6-4-9(13)20-10(6)14/h1-4H,(H,15,17). The minimum Gasteiger partial charge on any atom is -0.322 e. The molecule has 1 heterocycles. The summed E-state index contributed by atoms with van der Waals surface area (Å²) >= 11 is 11.1. The Morgan fingerprint density at radius 3 is 2.45 bits per heavy atom. The van der Waals surface area contributed by atoms with Crippen LogP contribution in [0.5, 0.6) is 0 Å². The Balaban J connectivity index is 2.22. The van der Waals surface area contributed by atoms with E-state index in [-0.39, 0.29) is 11.6 Å². The number of nitrogens with zero attached hydrogens (tertiary/aromatic N) is 1. The number of amides is 1. The van der Waals surface area contributed by atoms with Crippen LogP contribution in [0.15, 0.2) is 36.3 Å². The summed E-state index contributed by atoms with van der Waals surface area (Å²) < 4.78 is 1.85. The van der Waals surface area contributed by atoms with Crippen LogP contribution in [0.25, 0.3) is 0 Å². The van der Waals surface area contributed by atoms with E-state index in [0.29, 0.717) is 19.5 Å². The molecule has 0 atom stereocenters. The van der Waals surface area contributed by atoms with Gasteiger partial charge in [-0.15, -0.1) is 11.3 Å². The van der Waals surface area contributed by atoms with E-state index in [4.69, 9.17) is 0 Å². The summed E-state index contributed by atoms with van der Waals surface area (Å²) in [5, 5.41) is 13.4. The van der Waals surface area contributed by atoms with Crippen LogP contribution in [0.1, 0.15) is 10.4 Å². The molecule has 0 saturated carbocycles. The van der Waals surface area contributed by atoms with Gasteiger partial charge in [0.25, 0.3) is 11.6 Å². The number of benzene rings is 1. The first kappa shape index (κ1) is 15.6. The summed E-state index contributed by atoms with van der Waals surface area (Å²) in [6.07, 6.45) is 0. The van der Waals surface area contributed by atoms with Crippen molar-refractivity contribution >= 4 is 76.4 Å². The number of nitro groups is 1. The molecule has 0 aliphatic heterocycles. The van der Waals surface area contributed by atoms with Crippen molar-refractivity contribution in [1.82, 2.24) is 0 Å². The molecule has 1 aromatic heterocycles. The molecule has 2 aromatic rings. The third-order valence-corrected chi connectivity index (χ3v) is 5.28. The molecular weight excluding hydrogens is 480 g/mol. The summed E-state index contributed by atoms with van der Waals surface area (Å²) in [6, 6.07) is 6.00. The maximum atomic E-state index is 12.1. The highest BCUT2D eigenvalue weighted by molar-refractivity contribution is 9.12. The molecule has 0 aliphatic rings. The molecule has 0 spiro atoms. The molecule has 9 heteroatoms. The molecule has 20 heavy (non-hydrogen) atoms. The summed E-state index contributed by atoms with van der Waals surface area (Å²) in [4.78, 5) is 22.3. The molecule has 0 fully saturated rings. The molecule has 0 saturated heterocycles. The van der Waals surface area contributed by atoms with Gasteiger partial charge in [-0.2, -0.15) is 0 Å². The van der Waals surface area contributed by atoms with Crippen LogP contribution in [0, 0.1) is 10.1 Å². The van der Waals surface area contributed by atoms with Crippen molar-refractivity contribution in [2.45, 2.75) is 0 Å². The molecule has 1 N–H and O–H groups in total. The predicted molar refractivity (Wildman–Crippen MR) is 88.5 cm³/mol. The van der Waals surface area contributed by atoms with Gasteiger partial charge in [-0.25, -0.2) is 0 Å². The summed E-state index contributed by atoms with van der Waals surface area (Å²) in [5.41, 5.74) is 0.917. The van der Waals surface area contributed by atoms with Crippen LogP contribution in [-0.4, -0.2) is 10.8 Å². The maximum Gasteiger partial charge on any atom is 0.283 e. The van der Waals surface area contributed by atoms with Crippen molar-refractivity contribution in [2.75, 3.05) is 5.32 Å². The zero-order valence-electron chi connectivity index (χ0n) is 9.52. The lowest BCUT2D eigenvalue weighted by atomic mass is 10.2. The molecule has 0 unspecified atom stereocenters. The molecule has 0 bridgehead atoms. The van der Waals surface area contributed by atoms with Gasteiger partial charge in [-0.05, 0) is 66.0 Å². The van der Waals surface area contributed by atoms with Gasteiger partial charge < -0.3 is 5.32 Å². The first-order chi connectivity index (χ1) is 9.38. The molecule has 0 aliphatic carbocycles. The van der Waals surface area contributed by atoms with Crippen LogP contribution < -0.4 is 5.32 Å². The highest BCUT2D eigenvalue weighted by Crippen LogP contribution is 2.33. The molecule has 104 valence electrons. The normalized spacial score (nSPS) is 10.3. The number of hydrogen-bond donors (Lipinski definition) is 1. The van der Waals surface area contributed by atoms with E-state index in [1.165, 1.54) is 29.5 Å². The Labute approximate surface area is 142 Å². The summed E-state index contributed by atoms with van der Waals surface area (Å²) in [5.74, 6) is -0.292. The highest BCUT2D eigenvalue weighted by atomic mass is 79.9. The van der Waals surface area contributed by atoms with E-state index >= 15 is 0 Å². The average Bonchev–Trinajstić information content (AvgIpc) is 2.68. The Hall–Kier alpha value is -0.770. The van der Waals surface area contributed by atoms with E-state index in [0.717, 1.165) is 3.79 Å². The van der Waals surface area contributed by atoms with Crippen LogP contribution in [0.4, 0.5) is 11.4 Å². The van der Waals surface area contributed by atoms with Crippen molar-refractivity contribution in [3.05, 3.63) is 52.0 Å². The number of carbonyl (C=O) groups excluding carboxylic acids is 1.